The van der Waals surface area contributed by atoms with Gasteiger partial charge in [0.1, 0.15) is 23.5 Å². The molecule has 1 heterocycles. The van der Waals surface area contributed by atoms with E-state index in [0.29, 0.717) is 5.04 Å². The standard InChI is InChI=1S/C17H16F2N2O2S/c1-22-11-23-10-17(12-5-3-2-4-6-12)21-20-16(24-17)14-9-13(18)7-8-15(14)19/h2-9,21H,10-11H2,1H3/t17-/m1/s1. The lowest BCUT2D eigenvalue weighted by molar-refractivity contribution is -0.0418. The van der Waals surface area contributed by atoms with Crippen LogP contribution in [0, 0.1) is 11.6 Å². The summed E-state index contributed by atoms with van der Waals surface area (Å²) in [6, 6.07) is 12.9. The molecule has 0 aromatic heterocycles. The molecule has 0 bridgehead atoms. The summed E-state index contributed by atoms with van der Waals surface area (Å²) in [6.07, 6.45) is 0. The minimum absolute atomic E-state index is 0.122. The highest BCUT2D eigenvalue weighted by Crippen LogP contribution is 2.41. The Labute approximate surface area is 142 Å². The number of ether oxygens (including phenoxy) is 2. The Morgan fingerprint density at radius 1 is 1.17 bits per heavy atom. The zero-order valence-electron chi connectivity index (χ0n) is 13.0. The summed E-state index contributed by atoms with van der Waals surface area (Å²) in [5.41, 5.74) is 4.06. The predicted octanol–water partition coefficient (Wildman–Crippen LogP) is 3.44. The SMILES string of the molecule is COCOC[C@@]1(c2ccccc2)NN=C(c2cc(F)ccc2F)S1. The quantitative estimate of drug-likeness (QED) is 0.640. The third-order valence-electron chi connectivity index (χ3n) is 3.51. The first kappa shape index (κ1) is 16.9. The number of nitrogens with one attached hydrogen (secondary N) is 1. The summed E-state index contributed by atoms with van der Waals surface area (Å²) in [5, 5.41) is 4.59. The summed E-state index contributed by atoms with van der Waals surface area (Å²) in [5.74, 6) is -1.03. The molecule has 7 heteroatoms. The van der Waals surface area contributed by atoms with Gasteiger partial charge in [-0.05, 0) is 23.8 Å². The molecule has 0 radical (unpaired) electrons. The largest absolute Gasteiger partial charge is 0.359 e. The zero-order chi connectivity index (χ0) is 17.0. The number of thioether (sulfide) groups is 1. The Bertz CT molecular complexity index is 743. The monoisotopic (exact) mass is 350 g/mol. The van der Waals surface area contributed by atoms with Crippen LogP contribution in [0.1, 0.15) is 11.1 Å². The minimum atomic E-state index is -0.728. The summed E-state index contributed by atoms with van der Waals surface area (Å²) in [6.45, 7) is 0.375. The highest BCUT2D eigenvalue weighted by molar-refractivity contribution is 8.15. The number of methoxy groups -OCH3 is 1. The van der Waals surface area contributed by atoms with Crippen LogP contribution in [0.5, 0.6) is 0 Å². The van der Waals surface area contributed by atoms with Crippen molar-refractivity contribution in [3.8, 4) is 0 Å². The van der Waals surface area contributed by atoms with E-state index in [2.05, 4.69) is 10.5 Å². The van der Waals surface area contributed by atoms with E-state index in [1.165, 1.54) is 18.9 Å². The van der Waals surface area contributed by atoms with Gasteiger partial charge in [0.05, 0.1) is 6.61 Å². The molecule has 1 aliphatic heterocycles. The number of nitrogens with zero attached hydrogens (tertiary/aromatic N) is 1. The summed E-state index contributed by atoms with van der Waals surface area (Å²) in [7, 11) is 1.54. The zero-order valence-corrected chi connectivity index (χ0v) is 13.8. The average Bonchev–Trinajstić information content (AvgIpc) is 3.04. The third-order valence-corrected chi connectivity index (χ3v) is 4.81. The van der Waals surface area contributed by atoms with Crippen molar-refractivity contribution in [3.63, 3.8) is 0 Å². The van der Waals surface area contributed by atoms with Gasteiger partial charge in [0.25, 0.3) is 0 Å². The van der Waals surface area contributed by atoms with Gasteiger partial charge in [0, 0.05) is 12.7 Å². The Kier molecular flexibility index (Phi) is 5.13. The number of hydrogen-bond donors (Lipinski definition) is 1. The van der Waals surface area contributed by atoms with Gasteiger partial charge in [-0.2, -0.15) is 5.10 Å². The van der Waals surface area contributed by atoms with Crippen LogP contribution in [0.15, 0.2) is 53.6 Å². The molecule has 0 saturated carbocycles. The van der Waals surface area contributed by atoms with Gasteiger partial charge in [0.15, 0.2) is 4.87 Å². The maximum atomic E-state index is 14.0. The fourth-order valence-electron chi connectivity index (χ4n) is 2.37. The van der Waals surface area contributed by atoms with Gasteiger partial charge >= 0.3 is 0 Å². The first-order valence-electron chi connectivity index (χ1n) is 7.26. The van der Waals surface area contributed by atoms with E-state index in [-0.39, 0.29) is 19.0 Å². The van der Waals surface area contributed by atoms with Crippen LogP contribution < -0.4 is 5.43 Å². The number of hydrogen-bond acceptors (Lipinski definition) is 5. The molecule has 126 valence electrons. The van der Waals surface area contributed by atoms with Crippen LogP contribution in [-0.4, -0.2) is 25.6 Å². The summed E-state index contributed by atoms with van der Waals surface area (Å²) < 4.78 is 38.0. The molecular weight excluding hydrogens is 334 g/mol. The highest BCUT2D eigenvalue weighted by Gasteiger charge is 2.40. The molecule has 0 fully saturated rings. The van der Waals surface area contributed by atoms with Gasteiger partial charge in [0.2, 0.25) is 0 Å². The number of rotatable bonds is 6. The molecule has 2 aromatic carbocycles. The van der Waals surface area contributed by atoms with Crippen molar-refractivity contribution in [1.82, 2.24) is 5.43 Å². The maximum absolute atomic E-state index is 14.0. The Morgan fingerprint density at radius 3 is 2.71 bits per heavy atom. The lowest BCUT2D eigenvalue weighted by atomic mass is 10.1. The smallest absolute Gasteiger partial charge is 0.154 e. The predicted molar refractivity (Wildman–Crippen MR) is 89.6 cm³/mol. The van der Waals surface area contributed by atoms with E-state index in [9.17, 15) is 8.78 Å². The molecule has 0 unspecified atom stereocenters. The Hall–Kier alpha value is -1.96. The maximum Gasteiger partial charge on any atom is 0.154 e. The van der Waals surface area contributed by atoms with Crippen molar-refractivity contribution in [3.05, 3.63) is 71.3 Å². The Balaban J connectivity index is 1.89. The lowest BCUT2D eigenvalue weighted by Gasteiger charge is -2.28. The fourth-order valence-corrected chi connectivity index (χ4v) is 3.55. The molecule has 4 nitrogen and oxygen atoms in total. The van der Waals surface area contributed by atoms with Crippen LogP contribution in [-0.2, 0) is 14.3 Å². The second kappa shape index (κ2) is 7.29. The van der Waals surface area contributed by atoms with Crippen molar-refractivity contribution in [2.45, 2.75) is 4.87 Å². The molecule has 1 atom stereocenters. The first-order chi connectivity index (χ1) is 11.6. The number of benzene rings is 2. The minimum Gasteiger partial charge on any atom is -0.359 e. The van der Waals surface area contributed by atoms with Crippen molar-refractivity contribution >= 4 is 16.8 Å². The van der Waals surface area contributed by atoms with E-state index in [0.717, 1.165) is 23.8 Å². The van der Waals surface area contributed by atoms with Crippen LogP contribution >= 0.6 is 11.8 Å². The van der Waals surface area contributed by atoms with E-state index in [4.69, 9.17) is 9.47 Å². The van der Waals surface area contributed by atoms with Gasteiger partial charge in [-0.1, -0.05) is 42.1 Å². The average molecular weight is 350 g/mol. The first-order valence-corrected chi connectivity index (χ1v) is 8.08. The van der Waals surface area contributed by atoms with Gasteiger partial charge in [-0.15, -0.1) is 0 Å². The van der Waals surface area contributed by atoms with Gasteiger partial charge in [-0.25, -0.2) is 8.78 Å². The normalized spacial score (nSPS) is 19.9. The van der Waals surface area contributed by atoms with Crippen LogP contribution in [0.4, 0.5) is 8.78 Å². The van der Waals surface area contributed by atoms with E-state index in [1.54, 1.807) is 0 Å². The second-order valence-corrected chi connectivity index (χ2v) is 6.49. The summed E-state index contributed by atoms with van der Waals surface area (Å²) >= 11 is 1.29. The molecule has 1 N–H and O–H groups in total. The number of hydrazone groups is 1. The van der Waals surface area contributed by atoms with E-state index >= 15 is 0 Å². The van der Waals surface area contributed by atoms with Crippen molar-refractivity contribution in [2.24, 2.45) is 5.10 Å². The topological polar surface area (TPSA) is 42.9 Å². The molecule has 0 amide bonds. The molecule has 1 aliphatic rings. The van der Waals surface area contributed by atoms with Crippen LogP contribution in [0.3, 0.4) is 0 Å². The van der Waals surface area contributed by atoms with E-state index < -0.39 is 16.5 Å². The number of halogens is 2. The molecule has 0 saturated heterocycles. The molecule has 2 aromatic rings. The van der Waals surface area contributed by atoms with Gasteiger partial charge < -0.3 is 9.47 Å². The molecular formula is C17H16F2N2O2S. The van der Waals surface area contributed by atoms with Crippen molar-refractivity contribution in [1.29, 1.82) is 0 Å². The molecule has 0 aliphatic carbocycles. The van der Waals surface area contributed by atoms with E-state index in [1.807, 2.05) is 30.3 Å². The van der Waals surface area contributed by atoms with Crippen LogP contribution in [0.25, 0.3) is 0 Å². The Morgan fingerprint density at radius 2 is 1.96 bits per heavy atom. The van der Waals surface area contributed by atoms with Gasteiger partial charge in [-0.3, -0.25) is 5.43 Å². The highest BCUT2D eigenvalue weighted by atomic mass is 32.2. The molecule has 3 rings (SSSR count). The molecule has 0 spiro atoms. The van der Waals surface area contributed by atoms with Crippen molar-refractivity contribution < 1.29 is 18.3 Å². The summed E-state index contributed by atoms with van der Waals surface area (Å²) in [4.78, 5) is -0.728. The van der Waals surface area contributed by atoms with Crippen LogP contribution in [0.2, 0.25) is 0 Å². The fraction of sp³-hybridized carbons (Fsp3) is 0.235. The lowest BCUT2D eigenvalue weighted by Crippen LogP contribution is -2.38. The molecule has 24 heavy (non-hydrogen) atoms. The second-order valence-electron chi connectivity index (χ2n) is 5.20. The third kappa shape index (κ3) is 3.43. The van der Waals surface area contributed by atoms with Crippen molar-refractivity contribution in [2.75, 3.05) is 20.5 Å².